The van der Waals surface area contributed by atoms with E-state index in [0.717, 1.165) is 0 Å². The highest BCUT2D eigenvalue weighted by Gasteiger charge is 2.36. The summed E-state index contributed by atoms with van der Waals surface area (Å²) in [6.07, 6.45) is 0. The summed E-state index contributed by atoms with van der Waals surface area (Å²) in [6, 6.07) is 34.1. The fourth-order valence-corrected chi connectivity index (χ4v) is 7.62. The Hall–Kier alpha value is -6.29. The molecular weight excluding hydrogens is 733 g/mol. The number of ether oxygens (including phenoxy) is 5. The SMILES string of the molecule is Nc1ccc(Oc2c(Oc3ccc(N)cc3)c(Oc3ccc(N)cc3)c(OP3N=PN=PN3)c(Oc3ccc(N)cc3)c2Oc2ccc(N)cc2)cc1. The quantitative estimate of drug-likeness (QED) is 0.0506. The van der Waals surface area contributed by atoms with E-state index in [4.69, 9.17) is 56.9 Å². The summed E-state index contributed by atoms with van der Waals surface area (Å²) >= 11 is 0. The summed E-state index contributed by atoms with van der Waals surface area (Å²) in [7, 11) is -0.641. The van der Waals surface area contributed by atoms with E-state index in [1.807, 2.05) is 0 Å². The average Bonchev–Trinajstić information content (AvgIpc) is 3.17. The van der Waals surface area contributed by atoms with Crippen molar-refractivity contribution in [3.63, 3.8) is 0 Å². The molecule has 0 saturated heterocycles. The number of rotatable bonds is 12. The molecule has 0 aliphatic carbocycles. The van der Waals surface area contributed by atoms with E-state index in [9.17, 15) is 0 Å². The van der Waals surface area contributed by atoms with Crippen molar-refractivity contribution >= 4 is 53.9 Å². The average molecular weight is 765 g/mol. The zero-order chi connectivity index (χ0) is 36.7. The van der Waals surface area contributed by atoms with Crippen LogP contribution in [0, 0.1) is 0 Å². The predicted octanol–water partition coefficient (Wildman–Crippen LogP) is 10.9. The highest BCUT2D eigenvalue weighted by molar-refractivity contribution is 7.64. The van der Waals surface area contributed by atoms with E-state index in [-0.39, 0.29) is 34.5 Å². The summed E-state index contributed by atoms with van der Waals surface area (Å²) in [5.74, 6) is 2.30. The van der Waals surface area contributed by atoms with Crippen molar-refractivity contribution in [1.29, 1.82) is 0 Å². The zero-order valence-electron chi connectivity index (χ0n) is 27.6. The predicted molar refractivity (Wildman–Crippen MR) is 210 cm³/mol. The van der Waals surface area contributed by atoms with Gasteiger partial charge in [-0.05, 0) is 121 Å². The van der Waals surface area contributed by atoms with Crippen molar-refractivity contribution in [2.75, 3.05) is 28.7 Å². The molecule has 0 spiro atoms. The molecule has 1 unspecified atom stereocenters. The molecule has 6 aromatic rings. The fourth-order valence-electron chi connectivity index (χ4n) is 4.71. The third-order valence-corrected chi connectivity index (χ3v) is 10.3. The standard InChI is InChI=1S/C36H31N8O6P3/c37-21-1-11-26(12-2-21)45-31-32(46-27-13-3-22(38)4-14-27)34(48-29-17-7-24(40)8-18-29)36(50-53-43-51-42-52-44-53)35(49-30-19-9-25(41)10-20-30)33(31)47-28-15-5-23(39)6-16-28/h1-20H,37-41H2,(H,42,43,44). The van der Waals surface area contributed by atoms with Gasteiger partial charge in [0.25, 0.3) is 0 Å². The molecule has 1 heterocycles. The van der Waals surface area contributed by atoms with E-state index in [1.165, 1.54) is 0 Å². The largest absolute Gasteiger partial charge is 0.449 e. The molecule has 0 fully saturated rings. The van der Waals surface area contributed by atoms with Gasteiger partial charge in [-0.1, -0.05) is 0 Å². The number of anilines is 5. The lowest BCUT2D eigenvalue weighted by Gasteiger charge is -2.26. The summed E-state index contributed by atoms with van der Waals surface area (Å²) in [4.78, 5) is 3.15. The van der Waals surface area contributed by atoms with Crippen LogP contribution in [-0.2, 0) is 0 Å². The van der Waals surface area contributed by atoms with Gasteiger partial charge in [0.1, 0.15) is 37.3 Å². The first kappa shape index (κ1) is 35.1. The zero-order valence-corrected chi connectivity index (χ0v) is 30.3. The lowest BCUT2D eigenvalue weighted by Crippen LogP contribution is -2.05. The van der Waals surface area contributed by atoms with Gasteiger partial charge in [0, 0.05) is 28.4 Å². The van der Waals surface area contributed by atoms with Gasteiger partial charge >= 0.3 is 8.45 Å². The fraction of sp³-hybridized carbons (Fsp3) is 0. The molecule has 7 rings (SSSR count). The van der Waals surface area contributed by atoms with Crippen LogP contribution in [0.3, 0.4) is 0 Å². The Bertz CT molecular complexity index is 2140. The van der Waals surface area contributed by atoms with E-state index in [1.54, 1.807) is 121 Å². The van der Waals surface area contributed by atoms with Gasteiger partial charge in [-0.2, -0.15) is 13.9 Å². The van der Waals surface area contributed by atoms with Crippen LogP contribution in [-0.4, -0.2) is 0 Å². The van der Waals surface area contributed by atoms with Gasteiger partial charge < -0.3 is 56.9 Å². The molecule has 17 heteroatoms. The Labute approximate surface area is 308 Å². The summed E-state index contributed by atoms with van der Waals surface area (Å²) in [6.45, 7) is 0. The molecule has 14 nitrogen and oxygen atoms in total. The lowest BCUT2D eigenvalue weighted by molar-refractivity contribution is 0.337. The molecule has 1 atom stereocenters. The van der Waals surface area contributed by atoms with Crippen LogP contribution < -0.4 is 61.7 Å². The van der Waals surface area contributed by atoms with E-state index < -0.39 is 8.45 Å². The first-order chi connectivity index (χ1) is 25.8. The smallest absolute Gasteiger partial charge is 0.311 e. The van der Waals surface area contributed by atoms with Crippen LogP contribution in [0.1, 0.15) is 0 Å². The Morgan fingerprint density at radius 3 is 0.906 bits per heavy atom. The third kappa shape index (κ3) is 8.78. The van der Waals surface area contributed by atoms with Crippen LogP contribution in [0.15, 0.2) is 130 Å². The Kier molecular flexibility index (Phi) is 10.6. The molecule has 6 aromatic carbocycles. The molecule has 1 aliphatic heterocycles. The number of hydrogen-bond donors (Lipinski definition) is 6. The Morgan fingerprint density at radius 1 is 0.396 bits per heavy atom. The number of nitrogen functional groups attached to an aromatic ring is 5. The van der Waals surface area contributed by atoms with Gasteiger partial charge in [0.05, 0.1) is 0 Å². The molecule has 0 radical (unpaired) electrons. The lowest BCUT2D eigenvalue weighted by atomic mass is 10.2. The topological polar surface area (TPSA) is 222 Å². The maximum atomic E-state index is 6.67. The van der Waals surface area contributed by atoms with Crippen molar-refractivity contribution in [2.45, 2.75) is 0 Å². The second kappa shape index (κ2) is 15.9. The second-order valence-corrected chi connectivity index (χ2v) is 14.5. The van der Waals surface area contributed by atoms with Crippen LogP contribution in [0.4, 0.5) is 28.4 Å². The van der Waals surface area contributed by atoms with Crippen LogP contribution >= 0.6 is 25.5 Å². The van der Waals surface area contributed by atoms with Crippen LogP contribution in [0.5, 0.6) is 63.2 Å². The maximum Gasteiger partial charge on any atom is 0.311 e. The number of nitrogens with one attached hydrogen (secondary N) is 1. The molecule has 0 bridgehead atoms. The van der Waals surface area contributed by atoms with E-state index in [2.05, 4.69) is 13.9 Å². The molecule has 0 amide bonds. The van der Waals surface area contributed by atoms with Gasteiger partial charge in [0.2, 0.25) is 34.5 Å². The van der Waals surface area contributed by atoms with Crippen LogP contribution in [0.25, 0.3) is 0 Å². The number of benzene rings is 6. The first-order valence-electron chi connectivity index (χ1n) is 15.7. The molecule has 266 valence electrons. The summed E-state index contributed by atoms with van der Waals surface area (Å²) in [5.41, 5.74) is 32.9. The molecule has 1 aliphatic rings. The molecular formula is C36H31N8O6P3. The van der Waals surface area contributed by atoms with E-state index in [0.29, 0.717) is 74.2 Å². The molecule has 0 saturated carbocycles. The van der Waals surface area contributed by atoms with Crippen molar-refractivity contribution in [3.8, 4) is 63.2 Å². The first-order valence-corrected chi connectivity index (χ1v) is 18.6. The van der Waals surface area contributed by atoms with Gasteiger partial charge in [-0.3, -0.25) is 0 Å². The van der Waals surface area contributed by atoms with Crippen molar-refractivity contribution in [1.82, 2.24) is 4.86 Å². The number of nitrogens with zero attached hydrogens (tertiary/aromatic N) is 2. The van der Waals surface area contributed by atoms with Gasteiger partial charge in [-0.15, -0.1) is 0 Å². The molecule has 0 aromatic heterocycles. The molecule has 11 N–H and O–H groups in total. The minimum Gasteiger partial charge on any atom is -0.449 e. The monoisotopic (exact) mass is 764 g/mol. The van der Waals surface area contributed by atoms with E-state index >= 15 is 0 Å². The summed E-state index contributed by atoms with van der Waals surface area (Å²) in [5, 5.41) is 0. The Balaban J connectivity index is 1.55. The number of hydrogen-bond acceptors (Lipinski definition) is 14. The minimum atomic E-state index is -1.70. The van der Waals surface area contributed by atoms with Crippen molar-refractivity contribution in [2.24, 2.45) is 9.03 Å². The Morgan fingerprint density at radius 2 is 0.660 bits per heavy atom. The van der Waals surface area contributed by atoms with Crippen molar-refractivity contribution in [3.05, 3.63) is 121 Å². The maximum absolute atomic E-state index is 6.67. The second-order valence-electron chi connectivity index (χ2n) is 11.2. The van der Waals surface area contributed by atoms with Gasteiger partial charge in [-0.25, -0.2) is 0 Å². The highest BCUT2D eigenvalue weighted by Crippen LogP contribution is 2.64. The molecule has 53 heavy (non-hydrogen) atoms. The minimum absolute atomic E-state index is 0.0548. The highest BCUT2D eigenvalue weighted by atomic mass is 31.2. The summed E-state index contributed by atoms with van der Waals surface area (Å²) < 4.78 is 48.7. The van der Waals surface area contributed by atoms with Crippen molar-refractivity contribution < 1.29 is 28.2 Å². The normalized spacial score (nSPS) is 13.8. The number of nitrogens with two attached hydrogens (primary N) is 5. The third-order valence-electron chi connectivity index (χ3n) is 7.25. The van der Waals surface area contributed by atoms with Gasteiger partial charge in [0.15, 0.2) is 8.52 Å². The van der Waals surface area contributed by atoms with Crippen LogP contribution in [0.2, 0.25) is 0 Å².